The highest BCUT2D eigenvalue weighted by atomic mass is 16.5. The Morgan fingerprint density at radius 2 is 1.77 bits per heavy atom. The molecule has 3 rings (SSSR count). The summed E-state index contributed by atoms with van der Waals surface area (Å²) in [6.07, 6.45) is 0.106. The van der Waals surface area contributed by atoms with E-state index in [4.69, 9.17) is 4.74 Å². The van der Waals surface area contributed by atoms with E-state index >= 15 is 0 Å². The monoisotopic (exact) mass is 302 g/mol. The molecule has 6 heteroatoms. The van der Waals surface area contributed by atoms with Crippen molar-refractivity contribution in [1.82, 2.24) is 9.80 Å². The number of hydrogen-bond donors (Lipinski definition) is 0. The third-order valence-electron chi connectivity index (χ3n) is 4.03. The zero-order chi connectivity index (χ0) is 15.5. The van der Waals surface area contributed by atoms with Gasteiger partial charge < -0.3 is 14.5 Å². The van der Waals surface area contributed by atoms with Crippen LogP contribution in [0.2, 0.25) is 0 Å². The summed E-state index contributed by atoms with van der Waals surface area (Å²) >= 11 is 0. The number of benzene rings is 1. The molecule has 116 valence electrons. The van der Waals surface area contributed by atoms with Crippen LogP contribution in [-0.4, -0.2) is 66.3 Å². The molecule has 6 nitrogen and oxygen atoms in total. The van der Waals surface area contributed by atoms with E-state index in [2.05, 4.69) is 0 Å². The first kappa shape index (κ1) is 14.7. The largest absolute Gasteiger partial charge is 0.378 e. The summed E-state index contributed by atoms with van der Waals surface area (Å²) in [4.78, 5) is 40.1. The van der Waals surface area contributed by atoms with Crippen molar-refractivity contribution in [2.24, 2.45) is 0 Å². The minimum atomic E-state index is -0.682. The Labute approximate surface area is 128 Å². The Bertz CT molecular complexity index is 581. The van der Waals surface area contributed by atoms with Crippen molar-refractivity contribution in [3.8, 4) is 0 Å². The molecule has 1 atom stereocenters. The van der Waals surface area contributed by atoms with Crippen molar-refractivity contribution in [1.29, 1.82) is 0 Å². The van der Waals surface area contributed by atoms with Crippen LogP contribution in [0.4, 0.5) is 0 Å². The van der Waals surface area contributed by atoms with Crippen LogP contribution in [0.1, 0.15) is 16.8 Å². The standard InChI is InChI=1S/C16H18N2O4/c19-13-10-14(16(21)17-6-8-22-9-7-17)18(11-13)15(20)12-4-2-1-3-5-12/h1-5,14H,6-11H2. The van der Waals surface area contributed by atoms with Crippen LogP contribution in [0.3, 0.4) is 0 Å². The Balaban J connectivity index is 1.78. The molecule has 2 aliphatic rings. The highest BCUT2D eigenvalue weighted by Gasteiger charge is 2.41. The quantitative estimate of drug-likeness (QED) is 0.789. The van der Waals surface area contributed by atoms with Gasteiger partial charge in [0, 0.05) is 25.1 Å². The zero-order valence-electron chi connectivity index (χ0n) is 12.2. The summed E-state index contributed by atoms with van der Waals surface area (Å²) < 4.78 is 5.24. The molecule has 2 heterocycles. The number of carbonyl (C=O) groups excluding carboxylic acids is 3. The number of likely N-dealkylation sites (tertiary alicyclic amines) is 1. The molecule has 0 bridgehead atoms. The van der Waals surface area contributed by atoms with E-state index in [1.807, 2.05) is 6.07 Å². The summed E-state index contributed by atoms with van der Waals surface area (Å²) in [7, 11) is 0. The molecule has 1 aromatic rings. The number of hydrogen-bond acceptors (Lipinski definition) is 4. The first-order valence-electron chi connectivity index (χ1n) is 7.41. The van der Waals surface area contributed by atoms with Gasteiger partial charge in [-0.25, -0.2) is 0 Å². The average Bonchev–Trinajstić information content (AvgIpc) is 2.97. The van der Waals surface area contributed by atoms with Crippen LogP contribution >= 0.6 is 0 Å². The number of nitrogens with zero attached hydrogens (tertiary/aromatic N) is 2. The predicted octanol–water partition coefficient (Wildman–Crippen LogP) is 0.329. The molecule has 0 saturated carbocycles. The van der Waals surface area contributed by atoms with E-state index in [9.17, 15) is 14.4 Å². The van der Waals surface area contributed by atoms with Crippen molar-refractivity contribution in [3.63, 3.8) is 0 Å². The number of rotatable bonds is 2. The molecule has 0 spiro atoms. The lowest BCUT2D eigenvalue weighted by atomic mass is 10.1. The molecule has 1 unspecified atom stereocenters. The summed E-state index contributed by atoms with van der Waals surface area (Å²) in [5.41, 5.74) is 0.497. The summed E-state index contributed by atoms with van der Waals surface area (Å²) in [5.74, 6) is -0.493. The Morgan fingerprint density at radius 3 is 2.45 bits per heavy atom. The van der Waals surface area contributed by atoms with Gasteiger partial charge in [0.25, 0.3) is 5.91 Å². The van der Waals surface area contributed by atoms with Crippen LogP contribution in [0.15, 0.2) is 30.3 Å². The van der Waals surface area contributed by atoms with Gasteiger partial charge in [0.1, 0.15) is 6.04 Å². The normalized spacial score (nSPS) is 22.0. The van der Waals surface area contributed by atoms with E-state index < -0.39 is 6.04 Å². The van der Waals surface area contributed by atoms with Crippen LogP contribution in [0.25, 0.3) is 0 Å². The maximum atomic E-state index is 12.6. The van der Waals surface area contributed by atoms with Crippen molar-refractivity contribution < 1.29 is 19.1 Å². The van der Waals surface area contributed by atoms with Crippen LogP contribution in [0.5, 0.6) is 0 Å². The fraction of sp³-hybridized carbons (Fsp3) is 0.438. The second-order valence-electron chi connectivity index (χ2n) is 5.50. The summed E-state index contributed by atoms with van der Waals surface area (Å²) in [5, 5.41) is 0. The number of Topliss-reactive ketones (excluding diaryl/α,β-unsaturated/α-hetero) is 1. The molecular weight excluding hydrogens is 284 g/mol. The van der Waals surface area contributed by atoms with Gasteiger partial charge in [0.2, 0.25) is 5.91 Å². The van der Waals surface area contributed by atoms with Crippen LogP contribution in [0, 0.1) is 0 Å². The van der Waals surface area contributed by atoms with Crippen molar-refractivity contribution in [2.45, 2.75) is 12.5 Å². The van der Waals surface area contributed by atoms with Gasteiger partial charge in [-0.3, -0.25) is 14.4 Å². The molecule has 1 aromatic carbocycles. The van der Waals surface area contributed by atoms with Crippen molar-refractivity contribution in [2.75, 3.05) is 32.8 Å². The minimum absolute atomic E-state index is 0.00841. The fourth-order valence-corrected chi connectivity index (χ4v) is 2.87. The highest BCUT2D eigenvalue weighted by molar-refractivity contribution is 6.04. The SMILES string of the molecule is O=C1CC(C(=O)N2CCOCC2)N(C(=O)c2ccccc2)C1. The molecule has 22 heavy (non-hydrogen) atoms. The Kier molecular flexibility index (Phi) is 4.20. The molecular formula is C16H18N2O4. The third kappa shape index (κ3) is 2.87. The zero-order valence-corrected chi connectivity index (χ0v) is 12.2. The van der Waals surface area contributed by atoms with Gasteiger partial charge in [-0.2, -0.15) is 0 Å². The van der Waals surface area contributed by atoms with Crippen LogP contribution in [-0.2, 0) is 14.3 Å². The smallest absolute Gasteiger partial charge is 0.254 e. The number of ether oxygens (including phenoxy) is 1. The van der Waals surface area contributed by atoms with E-state index in [-0.39, 0.29) is 30.6 Å². The van der Waals surface area contributed by atoms with Crippen molar-refractivity contribution >= 4 is 17.6 Å². The second-order valence-corrected chi connectivity index (χ2v) is 5.50. The lowest BCUT2D eigenvalue weighted by Gasteiger charge is -2.32. The van der Waals surface area contributed by atoms with Gasteiger partial charge in [-0.05, 0) is 12.1 Å². The van der Waals surface area contributed by atoms with E-state index in [1.54, 1.807) is 29.2 Å². The number of morpholine rings is 1. The number of ketones is 1. The Morgan fingerprint density at radius 1 is 1.09 bits per heavy atom. The van der Waals surface area contributed by atoms with Crippen LogP contribution < -0.4 is 0 Å². The molecule has 2 saturated heterocycles. The van der Waals surface area contributed by atoms with E-state index in [1.165, 1.54) is 4.90 Å². The van der Waals surface area contributed by atoms with E-state index in [0.29, 0.717) is 31.9 Å². The molecule has 2 amide bonds. The maximum absolute atomic E-state index is 12.6. The minimum Gasteiger partial charge on any atom is -0.378 e. The van der Waals surface area contributed by atoms with Crippen molar-refractivity contribution in [3.05, 3.63) is 35.9 Å². The van der Waals surface area contributed by atoms with Gasteiger partial charge in [0.15, 0.2) is 5.78 Å². The maximum Gasteiger partial charge on any atom is 0.254 e. The first-order valence-corrected chi connectivity index (χ1v) is 7.41. The van der Waals surface area contributed by atoms with Gasteiger partial charge >= 0.3 is 0 Å². The topological polar surface area (TPSA) is 66.9 Å². The molecule has 0 radical (unpaired) electrons. The molecule has 2 fully saturated rings. The Hall–Kier alpha value is -2.21. The van der Waals surface area contributed by atoms with Gasteiger partial charge in [0.05, 0.1) is 19.8 Å². The summed E-state index contributed by atoms with van der Waals surface area (Å²) in [6, 6.07) is 8.07. The molecule has 0 N–H and O–H groups in total. The van der Waals surface area contributed by atoms with E-state index in [0.717, 1.165) is 0 Å². The number of carbonyl (C=O) groups is 3. The highest BCUT2D eigenvalue weighted by Crippen LogP contribution is 2.20. The third-order valence-corrected chi connectivity index (χ3v) is 4.03. The average molecular weight is 302 g/mol. The molecule has 0 aromatic heterocycles. The number of amides is 2. The summed E-state index contributed by atoms with van der Waals surface area (Å²) in [6.45, 7) is 2.03. The first-order chi connectivity index (χ1) is 10.7. The van der Waals surface area contributed by atoms with Gasteiger partial charge in [-0.1, -0.05) is 18.2 Å². The van der Waals surface area contributed by atoms with Gasteiger partial charge in [-0.15, -0.1) is 0 Å². The molecule has 2 aliphatic heterocycles. The predicted molar refractivity (Wildman–Crippen MR) is 78.3 cm³/mol. The second kappa shape index (κ2) is 6.27. The molecule has 0 aliphatic carbocycles. The fourth-order valence-electron chi connectivity index (χ4n) is 2.87. The lowest BCUT2D eigenvalue weighted by molar-refractivity contribution is -0.139. The lowest BCUT2D eigenvalue weighted by Crippen LogP contribution is -2.51.